The standard InChI is InChI=1S/C17H21NO.4BFH2O2/c1-19-15-8-6-13(7-9-15)12-17-16-5-3-2-4-14(16)10-11-18-17;4*2-1(3)4/h6-9H,2-5,10-12H2,1H3;4*3-4H. The Hall–Kier alpha value is -1.91. The Bertz CT molecular complexity index is 695. The van der Waals surface area contributed by atoms with Crippen molar-refractivity contribution in [3.8, 4) is 5.75 Å². The quantitative estimate of drug-likeness (QED) is 0.199. The molecule has 0 spiro atoms. The predicted octanol–water partition coefficient (Wildman–Crippen LogP) is -0.345. The minimum absolute atomic E-state index is 0.923. The van der Waals surface area contributed by atoms with Crippen LogP contribution in [0.1, 0.15) is 37.7 Å². The second kappa shape index (κ2) is 21.4. The van der Waals surface area contributed by atoms with Crippen LogP contribution in [0.2, 0.25) is 0 Å². The molecule has 2 aliphatic rings. The van der Waals surface area contributed by atoms with Crippen LogP contribution < -0.4 is 4.74 Å². The highest BCUT2D eigenvalue weighted by atomic mass is 19.1. The molecule has 3 rings (SSSR count). The number of hydrogen-bond acceptors (Lipinski definition) is 10. The predicted molar refractivity (Wildman–Crippen MR) is 124 cm³/mol. The molecule has 0 amide bonds. The number of ether oxygens (including phenoxy) is 1. The minimum atomic E-state index is -2.67. The first-order chi connectivity index (χ1) is 16.3. The number of rotatable bonds is 3. The third kappa shape index (κ3) is 23.6. The summed E-state index contributed by atoms with van der Waals surface area (Å²) < 4.78 is 45.6. The molecule has 18 heteroatoms. The SMILES string of the molecule is COc1ccc(CC2=NCCC3=C2CCCC3)cc1.OB(O)F.OB(O)F.OB(O)F.OB(O)F. The molecule has 0 bridgehead atoms. The van der Waals surface area contributed by atoms with Crippen LogP contribution in [0.3, 0.4) is 0 Å². The van der Waals surface area contributed by atoms with Gasteiger partial charge in [0.25, 0.3) is 0 Å². The van der Waals surface area contributed by atoms with Crippen LogP contribution in [0.25, 0.3) is 0 Å². The second-order valence-corrected chi connectivity index (χ2v) is 6.64. The number of halogens is 4. The molecule has 0 atom stereocenters. The highest BCUT2D eigenvalue weighted by Crippen LogP contribution is 2.31. The van der Waals surface area contributed by atoms with E-state index in [1.54, 1.807) is 18.3 Å². The van der Waals surface area contributed by atoms with Gasteiger partial charge in [-0.05, 0) is 55.4 Å². The molecule has 0 fully saturated rings. The monoisotopic (exact) mass is 511 g/mol. The largest absolute Gasteiger partial charge is 0.674 e. The molecule has 35 heavy (non-hydrogen) atoms. The summed E-state index contributed by atoms with van der Waals surface area (Å²) in [6.07, 6.45) is 7.42. The highest BCUT2D eigenvalue weighted by Gasteiger charge is 2.20. The van der Waals surface area contributed by atoms with Gasteiger partial charge in [-0.15, -0.1) is 0 Å². The van der Waals surface area contributed by atoms with E-state index < -0.39 is 29.6 Å². The van der Waals surface area contributed by atoms with Crippen LogP contribution in [0.15, 0.2) is 40.4 Å². The molecule has 1 aliphatic heterocycles. The van der Waals surface area contributed by atoms with Gasteiger partial charge >= 0.3 is 29.6 Å². The maximum atomic E-state index is 10.1. The topological polar surface area (TPSA) is 183 Å². The molecule has 0 radical (unpaired) electrons. The summed E-state index contributed by atoms with van der Waals surface area (Å²) in [5, 5.41) is 55.6. The van der Waals surface area contributed by atoms with E-state index in [1.807, 2.05) is 12.1 Å². The van der Waals surface area contributed by atoms with Gasteiger partial charge in [0.05, 0.1) is 7.11 Å². The molecule has 0 aromatic heterocycles. The van der Waals surface area contributed by atoms with Gasteiger partial charge in [-0.3, -0.25) is 22.3 Å². The van der Waals surface area contributed by atoms with Gasteiger partial charge in [0.1, 0.15) is 5.75 Å². The van der Waals surface area contributed by atoms with Gasteiger partial charge in [-0.25, -0.2) is 0 Å². The molecule has 0 saturated heterocycles. The zero-order chi connectivity index (χ0) is 27.4. The summed E-state index contributed by atoms with van der Waals surface area (Å²) in [5.41, 5.74) is 5.93. The van der Waals surface area contributed by atoms with E-state index in [4.69, 9.17) is 49.9 Å². The Morgan fingerprint density at radius 3 is 1.60 bits per heavy atom. The van der Waals surface area contributed by atoms with Gasteiger partial charge in [0, 0.05) is 18.7 Å². The summed E-state index contributed by atoms with van der Waals surface area (Å²) in [7, 11) is -8.96. The molecule has 1 aromatic rings. The van der Waals surface area contributed by atoms with E-state index in [0.717, 1.165) is 18.7 Å². The van der Waals surface area contributed by atoms with Gasteiger partial charge in [-0.1, -0.05) is 17.7 Å². The number of nitrogens with zero attached hydrogens (tertiary/aromatic N) is 1. The summed E-state index contributed by atoms with van der Waals surface area (Å²) in [5.74, 6) is 0.923. The van der Waals surface area contributed by atoms with Crippen molar-refractivity contribution in [2.45, 2.75) is 38.5 Å². The molecular weight excluding hydrogens is 481 g/mol. The van der Waals surface area contributed by atoms with Crippen molar-refractivity contribution < 1.29 is 62.2 Å². The number of benzene rings is 1. The lowest BCUT2D eigenvalue weighted by Crippen LogP contribution is -2.18. The van der Waals surface area contributed by atoms with Crippen molar-refractivity contribution in [3.63, 3.8) is 0 Å². The lowest BCUT2D eigenvalue weighted by atomic mass is 9.84. The average Bonchev–Trinajstić information content (AvgIpc) is 2.73. The smallest absolute Gasteiger partial charge is 0.497 e. The fraction of sp³-hybridized carbons (Fsp3) is 0.471. The maximum Gasteiger partial charge on any atom is 0.674 e. The number of aliphatic imine (C=N–C) groups is 1. The normalized spacial score (nSPS) is 13.3. The zero-order valence-electron chi connectivity index (χ0n) is 19.0. The van der Waals surface area contributed by atoms with Crippen LogP contribution in [0.4, 0.5) is 17.3 Å². The Morgan fingerprint density at radius 1 is 0.743 bits per heavy atom. The summed E-state index contributed by atoms with van der Waals surface area (Å²) in [6.45, 7) is 0.990. The molecular formula is C17H29B4F4NO9. The van der Waals surface area contributed by atoms with Crippen molar-refractivity contribution in [2.75, 3.05) is 13.7 Å². The minimum Gasteiger partial charge on any atom is -0.497 e. The van der Waals surface area contributed by atoms with E-state index >= 15 is 0 Å². The number of hydrogen-bond donors (Lipinski definition) is 8. The number of dihydropyridines is 1. The van der Waals surface area contributed by atoms with Crippen molar-refractivity contribution in [3.05, 3.63) is 41.0 Å². The van der Waals surface area contributed by atoms with E-state index in [9.17, 15) is 17.3 Å². The van der Waals surface area contributed by atoms with Crippen molar-refractivity contribution >= 4 is 35.3 Å². The van der Waals surface area contributed by atoms with Gasteiger partial charge in [-0.2, -0.15) is 0 Å². The fourth-order valence-electron chi connectivity index (χ4n) is 3.11. The lowest BCUT2D eigenvalue weighted by Gasteiger charge is -2.25. The number of methoxy groups -OCH3 is 1. The van der Waals surface area contributed by atoms with Crippen molar-refractivity contribution in [2.24, 2.45) is 4.99 Å². The first-order valence-electron chi connectivity index (χ1n) is 10.2. The van der Waals surface area contributed by atoms with Gasteiger partial charge in [0.15, 0.2) is 0 Å². The van der Waals surface area contributed by atoms with Crippen LogP contribution in [-0.2, 0) is 6.42 Å². The van der Waals surface area contributed by atoms with E-state index in [-0.39, 0.29) is 0 Å². The highest BCUT2D eigenvalue weighted by molar-refractivity contribution is 6.32. The molecule has 1 heterocycles. The Morgan fingerprint density at radius 2 is 1.17 bits per heavy atom. The number of allylic oxidation sites excluding steroid dienone is 1. The molecule has 0 saturated carbocycles. The third-order valence-electron chi connectivity index (χ3n) is 4.18. The maximum absolute atomic E-state index is 10.1. The molecule has 0 unspecified atom stereocenters. The first kappa shape index (κ1) is 35.3. The van der Waals surface area contributed by atoms with Crippen molar-refractivity contribution in [1.82, 2.24) is 0 Å². The summed E-state index contributed by atoms with van der Waals surface area (Å²) in [4.78, 5) is 4.78. The summed E-state index contributed by atoms with van der Waals surface area (Å²) in [6, 6.07) is 8.38. The second-order valence-electron chi connectivity index (χ2n) is 6.64. The molecule has 1 aromatic carbocycles. The van der Waals surface area contributed by atoms with Gasteiger partial charge < -0.3 is 44.9 Å². The van der Waals surface area contributed by atoms with E-state index in [2.05, 4.69) is 12.1 Å². The average molecular weight is 511 g/mol. The van der Waals surface area contributed by atoms with Crippen LogP contribution >= 0.6 is 0 Å². The first-order valence-corrected chi connectivity index (χ1v) is 10.2. The van der Waals surface area contributed by atoms with E-state index in [1.165, 1.54) is 43.4 Å². The molecule has 1 aliphatic carbocycles. The fourth-order valence-corrected chi connectivity index (χ4v) is 3.11. The lowest BCUT2D eigenvalue weighted by molar-refractivity contribution is 0.338. The molecule has 196 valence electrons. The molecule has 10 nitrogen and oxygen atoms in total. The Kier molecular flexibility index (Phi) is 21.5. The van der Waals surface area contributed by atoms with Crippen LogP contribution in [0, 0.1) is 0 Å². The zero-order valence-corrected chi connectivity index (χ0v) is 19.0. The summed E-state index contributed by atoms with van der Waals surface area (Å²) >= 11 is 0. The molecule has 8 N–H and O–H groups in total. The Balaban J connectivity index is 0. The van der Waals surface area contributed by atoms with E-state index in [0.29, 0.717) is 0 Å². The van der Waals surface area contributed by atoms with Crippen molar-refractivity contribution in [1.29, 1.82) is 0 Å². The Labute approximate surface area is 202 Å². The van der Waals surface area contributed by atoms with Crippen LogP contribution in [-0.4, -0.2) is 89.1 Å². The third-order valence-corrected chi connectivity index (χ3v) is 4.18. The van der Waals surface area contributed by atoms with Crippen LogP contribution in [0.5, 0.6) is 5.75 Å². The van der Waals surface area contributed by atoms with Gasteiger partial charge in [0.2, 0.25) is 0 Å².